The van der Waals surface area contributed by atoms with Gasteiger partial charge in [-0.1, -0.05) is 32.0 Å². The van der Waals surface area contributed by atoms with Crippen molar-refractivity contribution in [2.75, 3.05) is 13.1 Å². The zero-order valence-corrected chi connectivity index (χ0v) is 19.0. The maximum Gasteiger partial charge on any atom is 0.248 e. The summed E-state index contributed by atoms with van der Waals surface area (Å²) in [5, 5.41) is 8.05. The van der Waals surface area contributed by atoms with E-state index in [2.05, 4.69) is 15.2 Å². The van der Waals surface area contributed by atoms with Gasteiger partial charge in [-0.25, -0.2) is 0 Å². The van der Waals surface area contributed by atoms with E-state index in [-0.39, 0.29) is 11.8 Å². The van der Waals surface area contributed by atoms with Crippen LogP contribution in [0.2, 0.25) is 0 Å². The van der Waals surface area contributed by atoms with Crippen molar-refractivity contribution in [1.82, 2.24) is 20.1 Å². The van der Waals surface area contributed by atoms with Gasteiger partial charge in [0.2, 0.25) is 23.6 Å². The van der Waals surface area contributed by atoms with Crippen molar-refractivity contribution < 1.29 is 14.0 Å². The SMILES string of the molecule is CC(C)c1nnc(CCC(=O)N2CCC(c3ccc(-c4cccc(C(N)=O)c4)cn3)CC2)o1. The van der Waals surface area contributed by atoms with Gasteiger partial charge >= 0.3 is 0 Å². The largest absolute Gasteiger partial charge is 0.425 e. The molecule has 1 saturated heterocycles. The molecular formula is C25H29N5O3. The molecule has 0 bridgehead atoms. The molecule has 0 atom stereocenters. The molecule has 2 aromatic heterocycles. The normalized spacial score (nSPS) is 14.6. The molecule has 1 fully saturated rings. The number of carbonyl (C=O) groups excluding carboxylic acids is 2. The Balaban J connectivity index is 1.29. The van der Waals surface area contributed by atoms with Crippen molar-refractivity contribution in [3.8, 4) is 11.1 Å². The van der Waals surface area contributed by atoms with Crippen LogP contribution in [0.5, 0.6) is 0 Å². The molecule has 0 radical (unpaired) electrons. The fourth-order valence-corrected chi connectivity index (χ4v) is 4.07. The van der Waals surface area contributed by atoms with Crippen LogP contribution in [0.15, 0.2) is 47.0 Å². The number of pyridine rings is 1. The van der Waals surface area contributed by atoms with Crippen LogP contribution in [-0.2, 0) is 11.2 Å². The number of nitrogens with two attached hydrogens (primary N) is 1. The van der Waals surface area contributed by atoms with Crippen molar-refractivity contribution in [1.29, 1.82) is 0 Å². The minimum Gasteiger partial charge on any atom is -0.425 e. The molecule has 0 unspecified atom stereocenters. The summed E-state index contributed by atoms with van der Waals surface area (Å²) in [5.41, 5.74) is 8.74. The predicted molar refractivity (Wildman–Crippen MR) is 123 cm³/mol. The monoisotopic (exact) mass is 447 g/mol. The van der Waals surface area contributed by atoms with Crippen molar-refractivity contribution in [2.24, 2.45) is 5.73 Å². The molecule has 3 aromatic rings. The second-order valence-corrected chi connectivity index (χ2v) is 8.76. The minimum absolute atomic E-state index is 0.121. The van der Waals surface area contributed by atoms with Crippen LogP contribution in [0.1, 0.15) is 72.8 Å². The van der Waals surface area contributed by atoms with Gasteiger partial charge in [-0.15, -0.1) is 10.2 Å². The summed E-state index contributed by atoms with van der Waals surface area (Å²) in [5.74, 6) is 1.31. The molecule has 0 saturated carbocycles. The van der Waals surface area contributed by atoms with Gasteiger partial charge in [0.15, 0.2) is 0 Å². The van der Waals surface area contributed by atoms with Crippen LogP contribution >= 0.6 is 0 Å². The number of hydrogen-bond donors (Lipinski definition) is 1. The number of rotatable bonds is 7. The Morgan fingerprint density at radius 3 is 2.55 bits per heavy atom. The second kappa shape index (κ2) is 9.94. The maximum atomic E-state index is 12.6. The molecule has 0 aliphatic carbocycles. The quantitative estimate of drug-likeness (QED) is 0.591. The number of aromatic nitrogens is 3. The highest BCUT2D eigenvalue weighted by molar-refractivity contribution is 5.94. The topological polar surface area (TPSA) is 115 Å². The smallest absolute Gasteiger partial charge is 0.248 e. The Morgan fingerprint density at radius 1 is 1.12 bits per heavy atom. The number of piperidine rings is 1. The highest BCUT2D eigenvalue weighted by Crippen LogP contribution is 2.29. The van der Waals surface area contributed by atoms with E-state index < -0.39 is 5.91 Å². The lowest BCUT2D eigenvalue weighted by atomic mass is 9.92. The molecule has 172 valence electrons. The van der Waals surface area contributed by atoms with Gasteiger partial charge in [0.05, 0.1) is 0 Å². The van der Waals surface area contributed by atoms with Gasteiger partial charge in [0.25, 0.3) is 0 Å². The first-order valence-corrected chi connectivity index (χ1v) is 11.4. The molecule has 1 aromatic carbocycles. The average Bonchev–Trinajstić information content (AvgIpc) is 3.32. The van der Waals surface area contributed by atoms with E-state index in [4.69, 9.17) is 10.2 Å². The van der Waals surface area contributed by atoms with Crippen molar-refractivity contribution in [2.45, 2.75) is 51.4 Å². The Morgan fingerprint density at radius 2 is 1.91 bits per heavy atom. The number of likely N-dealkylation sites (tertiary alicyclic amines) is 1. The summed E-state index contributed by atoms with van der Waals surface area (Å²) in [4.78, 5) is 30.6. The summed E-state index contributed by atoms with van der Waals surface area (Å²) >= 11 is 0. The number of aryl methyl sites for hydroxylation is 1. The third-order valence-corrected chi connectivity index (χ3v) is 6.06. The highest BCUT2D eigenvalue weighted by atomic mass is 16.4. The van der Waals surface area contributed by atoms with Gasteiger partial charge in [-0.2, -0.15) is 0 Å². The van der Waals surface area contributed by atoms with Crippen molar-refractivity contribution in [3.63, 3.8) is 0 Å². The number of amides is 2. The van der Waals surface area contributed by atoms with Gasteiger partial charge in [-0.05, 0) is 36.6 Å². The molecule has 8 heteroatoms. The van der Waals surface area contributed by atoms with E-state index in [9.17, 15) is 9.59 Å². The lowest BCUT2D eigenvalue weighted by Gasteiger charge is -2.31. The summed E-state index contributed by atoms with van der Waals surface area (Å²) in [7, 11) is 0. The Bertz CT molecular complexity index is 1120. The van der Waals surface area contributed by atoms with Crippen LogP contribution in [0.25, 0.3) is 11.1 Å². The van der Waals surface area contributed by atoms with E-state index >= 15 is 0 Å². The first-order valence-electron chi connectivity index (χ1n) is 11.4. The zero-order valence-electron chi connectivity index (χ0n) is 19.0. The molecule has 1 aliphatic rings. The molecule has 2 N–H and O–H groups in total. The molecule has 33 heavy (non-hydrogen) atoms. The lowest BCUT2D eigenvalue weighted by Crippen LogP contribution is -2.38. The first-order chi connectivity index (χ1) is 15.9. The summed E-state index contributed by atoms with van der Waals surface area (Å²) < 4.78 is 5.59. The van der Waals surface area contributed by atoms with Crippen molar-refractivity contribution in [3.05, 3.63) is 65.6 Å². The molecule has 8 nitrogen and oxygen atoms in total. The average molecular weight is 448 g/mol. The molecular weight excluding hydrogens is 418 g/mol. The van der Waals surface area contributed by atoms with Crippen LogP contribution in [0.4, 0.5) is 0 Å². The number of nitrogens with zero attached hydrogens (tertiary/aromatic N) is 4. The van der Waals surface area contributed by atoms with Crippen molar-refractivity contribution >= 4 is 11.8 Å². The van der Waals surface area contributed by atoms with Crippen LogP contribution in [0, 0.1) is 0 Å². The summed E-state index contributed by atoms with van der Waals surface area (Å²) in [6.45, 7) is 5.43. The molecule has 0 spiro atoms. The highest BCUT2D eigenvalue weighted by Gasteiger charge is 2.25. The van der Waals surface area contributed by atoms with E-state index in [1.807, 2.05) is 49.2 Å². The van der Waals surface area contributed by atoms with Gasteiger partial charge in [0, 0.05) is 60.8 Å². The van der Waals surface area contributed by atoms with E-state index in [1.165, 1.54) is 0 Å². The summed E-state index contributed by atoms with van der Waals surface area (Å²) in [6, 6.07) is 11.3. The zero-order chi connectivity index (χ0) is 23.4. The Kier molecular flexibility index (Phi) is 6.82. The van der Waals surface area contributed by atoms with Crippen LogP contribution in [0.3, 0.4) is 0 Å². The molecule has 3 heterocycles. The molecule has 1 aliphatic heterocycles. The maximum absolute atomic E-state index is 12.6. The fourth-order valence-electron chi connectivity index (χ4n) is 4.07. The van der Waals surface area contributed by atoms with E-state index in [1.54, 1.807) is 12.1 Å². The number of benzene rings is 1. The van der Waals surface area contributed by atoms with Crippen LogP contribution in [-0.4, -0.2) is 45.0 Å². The first kappa shape index (κ1) is 22.6. The lowest BCUT2D eigenvalue weighted by molar-refractivity contribution is -0.132. The fraction of sp³-hybridized carbons (Fsp3) is 0.400. The third kappa shape index (κ3) is 5.45. The van der Waals surface area contributed by atoms with E-state index in [0.717, 1.165) is 29.7 Å². The number of primary amides is 1. The standard InChI is InChI=1S/C25H29N5O3/c1-16(2)25-29-28-22(33-25)8-9-23(31)30-12-10-17(11-13-30)21-7-6-20(15-27-21)18-4-3-5-19(14-18)24(26)32/h3-7,14-17H,8-13H2,1-2H3,(H2,26,32). The van der Waals surface area contributed by atoms with Gasteiger partial charge in [-0.3, -0.25) is 14.6 Å². The molecule has 4 rings (SSSR count). The number of carbonyl (C=O) groups is 2. The second-order valence-electron chi connectivity index (χ2n) is 8.76. The minimum atomic E-state index is -0.444. The molecule has 2 amide bonds. The van der Waals surface area contributed by atoms with Gasteiger partial charge < -0.3 is 15.1 Å². The van der Waals surface area contributed by atoms with E-state index in [0.29, 0.717) is 49.2 Å². The Labute approximate surface area is 193 Å². The predicted octanol–water partition coefficient (Wildman–Crippen LogP) is 3.69. The summed E-state index contributed by atoms with van der Waals surface area (Å²) in [6.07, 6.45) is 4.45. The van der Waals surface area contributed by atoms with Gasteiger partial charge in [0.1, 0.15) is 0 Å². The third-order valence-electron chi connectivity index (χ3n) is 6.06. The number of hydrogen-bond acceptors (Lipinski definition) is 6. The van der Waals surface area contributed by atoms with Crippen LogP contribution < -0.4 is 5.73 Å². The Hall–Kier alpha value is -3.55.